The maximum absolute atomic E-state index is 11.0. The summed E-state index contributed by atoms with van der Waals surface area (Å²) in [6.07, 6.45) is 1.41. The number of hydrogen-bond donors (Lipinski definition) is 2. The first kappa shape index (κ1) is 13.8. The number of aromatic nitrogens is 2. The molecule has 1 unspecified atom stereocenters. The number of rotatable bonds is 5. The molecule has 0 radical (unpaired) electrons. The molecule has 7 heteroatoms. The van der Waals surface area contributed by atoms with Gasteiger partial charge in [-0.3, -0.25) is 4.68 Å². The molecular weight excluding hydrogens is 270 g/mol. The summed E-state index contributed by atoms with van der Waals surface area (Å²) in [5.41, 5.74) is 1.02. The summed E-state index contributed by atoms with van der Waals surface area (Å²) in [7, 11) is 1.77. The van der Waals surface area contributed by atoms with E-state index < -0.39 is 5.97 Å². The molecule has 18 heavy (non-hydrogen) atoms. The van der Waals surface area contributed by atoms with Gasteiger partial charge in [0, 0.05) is 42.6 Å². The summed E-state index contributed by atoms with van der Waals surface area (Å²) >= 11 is 3.98. The lowest BCUT2D eigenvalue weighted by Crippen LogP contribution is -2.29. The van der Waals surface area contributed by atoms with Crippen molar-refractivity contribution < 1.29 is 9.90 Å². The van der Waals surface area contributed by atoms with Gasteiger partial charge in [0.15, 0.2) is 0 Å². The van der Waals surface area contributed by atoms with Crippen LogP contribution in [0.15, 0.2) is 6.20 Å². The van der Waals surface area contributed by atoms with Crippen LogP contribution < -0.4 is 5.32 Å². The first-order valence-electron chi connectivity index (χ1n) is 5.82. The summed E-state index contributed by atoms with van der Waals surface area (Å²) in [6.45, 7) is 1.47. The molecule has 2 heterocycles. The van der Waals surface area contributed by atoms with Gasteiger partial charge >= 0.3 is 5.97 Å². The van der Waals surface area contributed by atoms with Gasteiger partial charge in [-0.15, -0.1) is 0 Å². The molecule has 1 atom stereocenters. The van der Waals surface area contributed by atoms with Crippen LogP contribution in [-0.2, 0) is 13.6 Å². The Bertz CT molecular complexity index is 416. The van der Waals surface area contributed by atoms with E-state index in [1.807, 2.05) is 23.5 Å². The molecule has 0 aliphatic carbocycles. The zero-order chi connectivity index (χ0) is 13.0. The number of hydrogen-bond acceptors (Lipinski definition) is 5. The molecule has 0 aromatic carbocycles. The van der Waals surface area contributed by atoms with Crippen LogP contribution in [0.4, 0.5) is 0 Å². The van der Waals surface area contributed by atoms with Crippen molar-refractivity contribution >= 4 is 29.5 Å². The van der Waals surface area contributed by atoms with Gasteiger partial charge < -0.3 is 10.4 Å². The molecule has 1 fully saturated rings. The predicted octanol–water partition coefficient (Wildman–Crippen LogP) is 1.06. The number of aromatic carboxylic acids is 1. The Morgan fingerprint density at radius 3 is 3.17 bits per heavy atom. The van der Waals surface area contributed by atoms with Crippen LogP contribution in [0.25, 0.3) is 0 Å². The van der Waals surface area contributed by atoms with E-state index in [4.69, 9.17) is 5.11 Å². The lowest BCUT2D eigenvalue weighted by atomic mass is 10.2. The Morgan fingerprint density at radius 2 is 2.50 bits per heavy atom. The maximum Gasteiger partial charge on any atom is 0.339 e. The van der Waals surface area contributed by atoms with Gasteiger partial charge in [-0.2, -0.15) is 28.6 Å². The highest BCUT2D eigenvalue weighted by molar-refractivity contribution is 8.06. The van der Waals surface area contributed by atoms with Crippen molar-refractivity contribution in [2.24, 2.45) is 7.05 Å². The van der Waals surface area contributed by atoms with Crippen molar-refractivity contribution in [3.05, 3.63) is 17.5 Å². The lowest BCUT2D eigenvalue weighted by molar-refractivity contribution is 0.0695. The highest BCUT2D eigenvalue weighted by Gasteiger charge is 2.17. The molecule has 1 aromatic heterocycles. The first-order chi connectivity index (χ1) is 8.68. The Hall–Kier alpha value is -0.660. The van der Waals surface area contributed by atoms with E-state index in [0.717, 1.165) is 12.2 Å². The van der Waals surface area contributed by atoms with Gasteiger partial charge in [-0.1, -0.05) is 0 Å². The summed E-state index contributed by atoms with van der Waals surface area (Å²) in [5, 5.41) is 17.0. The van der Waals surface area contributed by atoms with Crippen molar-refractivity contribution in [1.82, 2.24) is 15.1 Å². The quantitative estimate of drug-likeness (QED) is 0.844. The maximum atomic E-state index is 11.0. The predicted molar refractivity (Wildman–Crippen MR) is 75.4 cm³/mol. The fourth-order valence-corrected chi connectivity index (χ4v) is 4.50. The van der Waals surface area contributed by atoms with Gasteiger partial charge in [0.1, 0.15) is 5.56 Å². The second-order valence-corrected chi connectivity index (χ2v) is 6.69. The van der Waals surface area contributed by atoms with Crippen LogP contribution in [0.1, 0.15) is 16.1 Å². The monoisotopic (exact) mass is 287 g/mol. The van der Waals surface area contributed by atoms with Crippen molar-refractivity contribution in [1.29, 1.82) is 0 Å². The van der Waals surface area contributed by atoms with Crippen LogP contribution in [0.3, 0.4) is 0 Å². The van der Waals surface area contributed by atoms with E-state index >= 15 is 0 Å². The van der Waals surface area contributed by atoms with E-state index in [9.17, 15) is 4.79 Å². The molecule has 100 valence electrons. The largest absolute Gasteiger partial charge is 0.478 e. The minimum Gasteiger partial charge on any atom is -0.478 e. The summed E-state index contributed by atoms with van der Waals surface area (Å²) < 4.78 is 1.62. The number of carboxylic acids is 1. The number of carbonyl (C=O) groups is 1. The molecule has 0 spiro atoms. The molecule has 0 saturated carbocycles. The number of carboxylic acid groups (broad SMARTS) is 1. The fraction of sp³-hybridized carbons (Fsp3) is 0.636. The molecule has 1 saturated heterocycles. The lowest BCUT2D eigenvalue weighted by Gasteiger charge is -2.21. The average molecular weight is 287 g/mol. The third-order valence-electron chi connectivity index (χ3n) is 2.84. The zero-order valence-electron chi connectivity index (χ0n) is 10.3. The molecule has 1 aliphatic heterocycles. The summed E-state index contributed by atoms with van der Waals surface area (Å²) in [4.78, 5) is 11.0. The topological polar surface area (TPSA) is 67.2 Å². The molecule has 5 nitrogen and oxygen atoms in total. The summed E-state index contributed by atoms with van der Waals surface area (Å²) in [6, 6.07) is 0. The second kappa shape index (κ2) is 6.49. The van der Waals surface area contributed by atoms with E-state index in [1.54, 1.807) is 11.7 Å². The normalized spacial score (nSPS) is 19.9. The van der Waals surface area contributed by atoms with Crippen LogP contribution >= 0.6 is 23.5 Å². The van der Waals surface area contributed by atoms with Gasteiger partial charge in [0.05, 0.1) is 11.9 Å². The van der Waals surface area contributed by atoms with Crippen LogP contribution in [-0.4, -0.2) is 49.9 Å². The second-order valence-electron chi connectivity index (χ2n) is 4.13. The van der Waals surface area contributed by atoms with E-state index in [0.29, 0.717) is 11.8 Å². The van der Waals surface area contributed by atoms with Crippen molar-refractivity contribution in [3.8, 4) is 0 Å². The highest BCUT2D eigenvalue weighted by Crippen LogP contribution is 2.23. The minimum absolute atomic E-state index is 0.288. The first-order valence-corrected chi connectivity index (χ1v) is 8.03. The molecule has 0 amide bonds. The van der Waals surface area contributed by atoms with Gasteiger partial charge in [0.25, 0.3) is 0 Å². The number of aryl methyl sites for hydroxylation is 1. The smallest absolute Gasteiger partial charge is 0.339 e. The molecule has 1 aromatic rings. The fourth-order valence-electron chi connectivity index (χ4n) is 1.86. The Labute approximate surface area is 115 Å². The minimum atomic E-state index is -0.914. The van der Waals surface area contributed by atoms with Crippen molar-refractivity contribution in [2.75, 3.05) is 23.8 Å². The van der Waals surface area contributed by atoms with Crippen molar-refractivity contribution in [3.63, 3.8) is 0 Å². The number of thioether (sulfide) groups is 2. The van der Waals surface area contributed by atoms with E-state index in [1.165, 1.54) is 23.5 Å². The third-order valence-corrected chi connectivity index (χ3v) is 5.69. The standard InChI is InChI=1S/C11H17N3O2S2/c1-14-10(9(5-13-14)11(15)16)6-12-4-8-7-17-2-3-18-8/h5,8,12H,2-4,6-7H2,1H3,(H,15,16). The SMILES string of the molecule is Cn1ncc(C(=O)O)c1CNCC1CSCCS1. The molecule has 2 rings (SSSR count). The molecule has 1 aliphatic rings. The zero-order valence-corrected chi connectivity index (χ0v) is 11.9. The van der Waals surface area contributed by atoms with Gasteiger partial charge in [0.2, 0.25) is 0 Å². The Morgan fingerprint density at radius 1 is 1.67 bits per heavy atom. The number of nitrogens with zero attached hydrogens (tertiary/aromatic N) is 2. The third kappa shape index (κ3) is 3.43. The van der Waals surface area contributed by atoms with E-state index in [2.05, 4.69) is 10.4 Å². The molecule has 2 N–H and O–H groups in total. The van der Waals surface area contributed by atoms with Crippen LogP contribution in [0.2, 0.25) is 0 Å². The Kier molecular flexibility index (Phi) is 4.96. The average Bonchev–Trinajstić information content (AvgIpc) is 2.73. The van der Waals surface area contributed by atoms with E-state index in [-0.39, 0.29) is 5.56 Å². The molecule has 0 bridgehead atoms. The van der Waals surface area contributed by atoms with Gasteiger partial charge in [-0.05, 0) is 0 Å². The van der Waals surface area contributed by atoms with Gasteiger partial charge in [-0.25, -0.2) is 4.79 Å². The van der Waals surface area contributed by atoms with Crippen LogP contribution in [0, 0.1) is 0 Å². The molecular formula is C11H17N3O2S2. The Balaban J connectivity index is 1.85. The van der Waals surface area contributed by atoms with Crippen LogP contribution in [0.5, 0.6) is 0 Å². The highest BCUT2D eigenvalue weighted by atomic mass is 32.2. The van der Waals surface area contributed by atoms with Crippen molar-refractivity contribution in [2.45, 2.75) is 11.8 Å². The summed E-state index contributed by atoms with van der Waals surface area (Å²) in [5.74, 6) is 2.71. The number of nitrogens with one attached hydrogen (secondary N) is 1.